The minimum atomic E-state index is 1.06. The predicted molar refractivity (Wildman–Crippen MR) is 263 cm³/mol. The van der Waals surface area contributed by atoms with Crippen LogP contribution in [0.25, 0.3) is 116 Å². The first-order chi connectivity index (χ1) is 31.3. The van der Waals surface area contributed by atoms with E-state index in [0.29, 0.717) is 0 Å². The highest BCUT2D eigenvalue weighted by Gasteiger charge is 2.27. The number of hydrogen-bond donors (Lipinski definition) is 0. The van der Waals surface area contributed by atoms with Crippen LogP contribution in [0.5, 0.6) is 0 Å². The van der Waals surface area contributed by atoms with E-state index in [1.54, 1.807) is 0 Å². The fourth-order valence-electron chi connectivity index (χ4n) is 10.8. The predicted octanol–water partition coefficient (Wildman–Crippen LogP) is 14.9. The number of aromatic nitrogens is 5. The number of hydrogen-bond acceptors (Lipinski definition) is 0. The van der Waals surface area contributed by atoms with Crippen molar-refractivity contribution in [1.82, 2.24) is 22.8 Å². The van der Waals surface area contributed by atoms with E-state index in [1.807, 2.05) is 0 Å². The second-order valence-corrected chi connectivity index (χ2v) is 16.5. The molecule has 0 N–H and O–H groups in total. The van der Waals surface area contributed by atoms with Crippen molar-refractivity contribution in [3.05, 3.63) is 224 Å². The quantitative estimate of drug-likeness (QED) is 0.166. The third-order valence-corrected chi connectivity index (χ3v) is 13.3. The van der Waals surface area contributed by atoms with Crippen LogP contribution in [0.4, 0.5) is 0 Å². The van der Waals surface area contributed by atoms with Gasteiger partial charge in [0.2, 0.25) is 0 Å². The van der Waals surface area contributed by atoms with Crippen LogP contribution in [0.2, 0.25) is 0 Å². The number of benzene rings is 9. The van der Waals surface area contributed by atoms with Crippen LogP contribution in [-0.4, -0.2) is 22.8 Å². The third-order valence-electron chi connectivity index (χ3n) is 13.3. The summed E-state index contributed by atoms with van der Waals surface area (Å²) in [4.78, 5) is 0. The summed E-state index contributed by atoms with van der Waals surface area (Å²) >= 11 is 0. The summed E-state index contributed by atoms with van der Waals surface area (Å²) in [6, 6.07) is 81.9. The molecule has 0 aliphatic heterocycles. The normalized spacial score (nSPS) is 12.1. The highest BCUT2D eigenvalue weighted by Crippen LogP contribution is 2.45. The van der Waals surface area contributed by atoms with Crippen LogP contribution >= 0.6 is 0 Å². The Morgan fingerprint density at radius 1 is 0.175 bits per heavy atom. The Kier molecular flexibility index (Phi) is 7.05. The maximum Gasteiger partial charge on any atom is 0.124 e. The Hall–Kier alpha value is -8.54. The minimum absolute atomic E-state index is 1.06. The summed E-state index contributed by atoms with van der Waals surface area (Å²) in [6.45, 7) is 0. The number of para-hydroxylation sites is 7. The van der Waals surface area contributed by atoms with Gasteiger partial charge >= 0.3 is 0 Å². The molecule has 0 bridgehead atoms. The topological polar surface area (TPSA) is 24.6 Å². The van der Waals surface area contributed by atoms with E-state index in [0.717, 1.165) is 39.7 Å². The molecular formula is C58H37N5. The molecule has 5 heterocycles. The van der Waals surface area contributed by atoms with Crippen molar-refractivity contribution < 1.29 is 0 Å². The number of fused-ring (bicyclic) bond motifs is 14. The molecule has 9 aromatic carbocycles. The first kappa shape index (κ1) is 34.2. The lowest BCUT2D eigenvalue weighted by atomic mass is 10.1. The van der Waals surface area contributed by atoms with Gasteiger partial charge in [0.15, 0.2) is 0 Å². The molecule has 0 atom stereocenters. The minimum Gasteiger partial charge on any atom is -0.307 e. The zero-order valence-corrected chi connectivity index (χ0v) is 34.1. The summed E-state index contributed by atoms with van der Waals surface area (Å²) in [5.74, 6) is 2.11. The molecule has 0 aliphatic carbocycles. The van der Waals surface area contributed by atoms with Gasteiger partial charge in [-0.05, 0) is 72.8 Å². The van der Waals surface area contributed by atoms with E-state index >= 15 is 0 Å². The standard InChI is InChI=1S/C58H37N5/c1-4-18-38(19-5-1)59-49-28-14-10-24-41(49)45-32-34-47-43-26-12-16-30-51(43)62(57(47)55(45)59)53-36-37-54(61(53)40-22-8-3-9-23-40)63-52-31-17-13-27-44(52)48-35-33-46-42-25-11-15-29-50(42)60(56(46)58(48)63)39-20-6-2-7-21-39/h1-37H. The van der Waals surface area contributed by atoms with E-state index in [1.165, 1.54) is 76.2 Å². The van der Waals surface area contributed by atoms with Crippen molar-refractivity contribution in [2.75, 3.05) is 0 Å². The largest absolute Gasteiger partial charge is 0.307 e. The molecule has 5 aromatic heterocycles. The number of nitrogens with zero attached hydrogens (tertiary/aromatic N) is 5. The van der Waals surface area contributed by atoms with E-state index in [4.69, 9.17) is 0 Å². The van der Waals surface area contributed by atoms with Gasteiger partial charge in [-0.2, -0.15) is 0 Å². The Balaban J connectivity index is 1.18. The zero-order chi connectivity index (χ0) is 41.2. The Morgan fingerprint density at radius 2 is 0.429 bits per heavy atom. The van der Waals surface area contributed by atoms with Gasteiger partial charge in [0.05, 0.1) is 44.1 Å². The Bertz CT molecular complexity index is 3870. The molecule has 0 spiro atoms. The van der Waals surface area contributed by atoms with Crippen molar-refractivity contribution in [3.8, 4) is 28.7 Å². The van der Waals surface area contributed by atoms with Gasteiger partial charge in [0, 0.05) is 60.2 Å². The molecule has 0 saturated heterocycles. The second kappa shape index (κ2) is 13.0. The first-order valence-electron chi connectivity index (χ1n) is 21.6. The maximum atomic E-state index is 2.52. The van der Waals surface area contributed by atoms with Crippen molar-refractivity contribution in [1.29, 1.82) is 0 Å². The second-order valence-electron chi connectivity index (χ2n) is 16.5. The molecule has 14 aromatic rings. The van der Waals surface area contributed by atoms with E-state index in [9.17, 15) is 0 Å². The summed E-state index contributed by atoms with van der Waals surface area (Å²) in [5.41, 5.74) is 12.7. The van der Waals surface area contributed by atoms with Gasteiger partial charge in [-0.25, -0.2) is 0 Å². The highest BCUT2D eigenvalue weighted by molar-refractivity contribution is 6.25. The van der Waals surface area contributed by atoms with Crippen LogP contribution in [0.3, 0.4) is 0 Å². The molecule has 0 radical (unpaired) electrons. The third kappa shape index (κ3) is 4.65. The number of rotatable bonds is 5. The van der Waals surface area contributed by atoms with Gasteiger partial charge in [-0.3, -0.25) is 13.7 Å². The molecule has 0 amide bonds. The van der Waals surface area contributed by atoms with E-state index < -0.39 is 0 Å². The summed E-state index contributed by atoms with van der Waals surface area (Å²) in [6.07, 6.45) is 0. The highest BCUT2D eigenvalue weighted by atomic mass is 15.2. The molecule has 0 fully saturated rings. The van der Waals surface area contributed by atoms with Crippen LogP contribution in [0.15, 0.2) is 224 Å². The van der Waals surface area contributed by atoms with Gasteiger partial charge in [-0.1, -0.05) is 152 Å². The molecule has 0 saturated carbocycles. The van der Waals surface area contributed by atoms with E-state index in [-0.39, 0.29) is 0 Å². The van der Waals surface area contributed by atoms with E-state index in [2.05, 4.69) is 247 Å². The van der Waals surface area contributed by atoms with Gasteiger partial charge < -0.3 is 9.13 Å². The molecular weight excluding hydrogens is 767 g/mol. The SMILES string of the molecule is c1ccc(-n2c(-n3c4ccccc4c4ccc5c6ccccc6n(-c6ccccc6)c5c43)ccc2-n2c3ccccc3c3ccc4c5ccccc5n(-c5ccccc5)c4c32)cc1. The lowest BCUT2D eigenvalue weighted by Gasteiger charge is -2.19. The monoisotopic (exact) mass is 803 g/mol. The van der Waals surface area contributed by atoms with Crippen LogP contribution in [0.1, 0.15) is 0 Å². The first-order valence-corrected chi connectivity index (χ1v) is 21.6. The molecule has 5 nitrogen and oxygen atoms in total. The average Bonchev–Trinajstić information content (AvgIpc) is 4.16. The summed E-state index contributed by atoms with van der Waals surface area (Å²) in [7, 11) is 0. The molecule has 294 valence electrons. The van der Waals surface area contributed by atoms with Crippen molar-refractivity contribution in [3.63, 3.8) is 0 Å². The van der Waals surface area contributed by atoms with Crippen molar-refractivity contribution in [2.24, 2.45) is 0 Å². The molecule has 63 heavy (non-hydrogen) atoms. The molecule has 5 heteroatoms. The van der Waals surface area contributed by atoms with Crippen LogP contribution in [-0.2, 0) is 0 Å². The van der Waals surface area contributed by atoms with Gasteiger partial charge in [0.25, 0.3) is 0 Å². The molecule has 0 aliphatic rings. The fourth-order valence-corrected chi connectivity index (χ4v) is 10.8. The Morgan fingerprint density at radius 3 is 0.762 bits per heavy atom. The van der Waals surface area contributed by atoms with Crippen molar-refractivity contribution >= 4 is 87.2 Å². The summed E-state index contributed by atoms with van der Waals surface area (Å²) in [5, 5.41) is 9.78. The van der Waals surface area contributed by atoms with Crippen molar-refractivity contribution in [2.45, 2.75) is 0 Å². The lowest BCUT2D eigenvalue weighted by molar-refractivity contribution is 0.924. The molecule has 0 unspecified atom stereocenters. The average molecular weight is 804 g/mol. The summed E-state index contributed by atoms with van der Waals surface area (Å²) < 4.78 is 12.4. The zero-order valence-electron chi connectivity index (χ0n) is 34.1. The van der Waals surface area contributed by atoms with Crippen LogP contribution in [0, 0.1) is 0 Å². The smallest absolute Gasteiger partial charge is 0.124 e. The Labute approximate surface area is 361 Å². The fraction of sp³-hybridized carbons (Fsp3) is 0. The van der Waals surface area contributed by atoms with Gasteiger partial charge in [0.1, 0.15) is 11.6 Å². The molecule has 14 rings (SSSR count). The lowest BCUT2D eigenvalue weighted by Crippen LogP contribution is -2.10. The van der Waals surface area contributed by atoms with Crippen LogP contribution < -0.4 is 0 Å². The maximum absolute atomic E-state index is 2.52. The van der Waals surface area contributed by atoms with Gasteiger partial charge in [-0.15, -0.1) is 0 Å².